The van der Waals surface area contributed by atoms with E-state index < -0.39 is 10.0 Å². The third-order valence-corrected chi connectivity index (χ3v) is 3.44. The van der Waals surface area contributed by atoms with Crippen molar-refractivity contribution in [3.05, 3.63) is 17.2 Å². The summed E-state index contributed by atoms with van der Waals surface area (Å²) in [5, 5.41) is 5.00. The summed E-state index contributed by atoms with van der Waals surface area (Å²) >= 11 is 5.80. The van der Waals surface area contributed by atoms with Crippen molar-refractivity contribution < 1.29 is 8.42 Å². The van der Waals surface area contributed by atoms with Crippen molar-refractivity contribution in [3.63, 3.8) is 0 Å². The largest absolute Gasteiger partial charge is 0.370 e. The first-order valence-electron chi connectivity index (χ1n) is 4.59. The average molecular weight is 325 g/mol. The molecule has 0 spiro atoms. The van der Waals surface area contributed by atoms with Gasteiger partial charge in [0.15, 0.2) is 5.96 Å². The molecule has 2 aromatic rings. The maximum absolute atomic E-state index is 11.3. The number of guanidine groups is 1. The first-order chi connectivity index (χ1) is 8.27. The SMILES string of the molecule is Cl.NC(N)=Nc1nc2cc(Cl)c(S(N)(=O)=O)cc2[nH]1. The number of H-pyrrole nitrogens is 1. The van der Waals surface area contributed by atoms with Gasteiger partial charge in [0.1, 0.15) is 4.90 Å². The number of nitrogens with two attached hydrogens (primary N) is 3. The van der Waals surface area contributed by atoms with Gasteiger partial charge in [0, 0.05) is 0 Å². The van der Waals surface area contributed by atoms with Gasteiger partial charge in [0.05, 0.1) is 16.1 Å². The van der Waals surface area contributed by atoms with Crippen molar-refractivity contribution >= 4 is 57.0 Å². The van der Waals surface area contributed by atoms with E-state index in [4.69, 9.17) is 28.2 Å². The zero-order valence-corrected chi connectivity index (χ0v) is 11.7. The van der Waals surface area contributed by atoms with E-state index in [1.54, 1.807) is 0 Å². The van der Waals surface area contributed by atoms with Crippen LogP contribution in [0.2, 0.25) is 5.02 Å². The number of aromatic nitrogens is 2. The molecular weight excluding hydrogens is 315 g/mol. The molecule has 0 aliphatic carbocycles. The summed E-state index contributed by atoms with van der Waals surface area (Å²) in [7, 11) is -3.90. The molecule has 0 aliphatic rings. The van der Waals surface area contributed by atoms with Crippen LogP contribution in [0.4, 0.5) is 5.95 Å². The standard InChI is InChI=1S/C8H9ClN6O2S.ClH/c9-3-1-4-5(2-6(3)18(12,16)17)14-8(13-4)15-7(10)11;/h1-2H,(H2,12,16,17)(H5,10,11,13,14,15);1H. The normalized spacial score (nSPS) is 11.1. The van der Waals surface area contributed by atoms with Gasteiger partial charge in [-0.05, 0) is 12.1 Å². The third kappa shape index (κ3) is 3.26. The van der Waals surface area contributed by atoms with Crippen LogP contribution in [0.5, 0.6) is 0 Å². The predicted molar refractivity (Wildman–Crippen MR) is 75.2 cm³/mol. The highest BCUT2D eigenvalue weighted by Gasteiger charge is 2.15. The smallest absolute Gasteiger partial charge is 0.239 e. The second-order valence-corrected chi connectivity index (χ2v) is 5.38. The van der Waals surface area contributed by atoms with E-state index >= 15 is 0 Å². The Morgan fingerprint density at radius 1 is 1.37 bits per heavy atom. The Balaban J connectivity index is 0.00000180. The molecular formula is C8H10Cl2N6O2S. The number of hydrogen-bond donors (Lipinski definition) is 4. The van der Waals surface area contributed by atoms with Crippen LogP contribution < -0.4 is 16.6 Å². The number of rotatable bonds is 2. The third-order valence-electron chi connectivity index (χ3n) is 2.06. The van der Waals surface area contributed by atoms with E-state index in [1.807, 2.05) is 0 Å². The number of halogens is 2. The van der Waals surface area contributed by atoms with Crippen LogP contribution in [0.15, 0.2) is 22.0 Å². The minimum atomic E-state index is -3.90. The van der Waals surface area contributed by atoms with Crippen molar-refractivity contribution in [2.24, 2.45) is 21.6 Å². The Kier molecular flexibility index (Phi) is 4.25. The molecule has 2 rings (SSSR count). The van der Waals surface area contributed by atoms with Gasteiger partial charge in [-0.25, -0.2) is 18.5 Å². The molecule has 8 nitrogen and oxygen atoms in total. The van der Waals surface area contributed by atoms with E-state index in [9.17, 15) is 8.42 Å². The van der Waals surface area contributed by atoms with Crippen LogP contribution in [-0.2, 0) is 10.0 Å². The molecule has 0 bridgehead atoms. The molecule has 0 saturated heterocycles. The fourth-order valence-corrected chi connectivity index (χ4v) is 2.48. The van der Waals surface area contributed by atoms with E-state index in [0.29, 0.717) is 11.0 Å². The summed E-state index contributed by atoms with van der Waals surface area (Å²) in [6.07, 6.45) is 0. The van der Waals surface area contributed by atoms with Crippen LogP contribution in [0, 0.1) is 0 Å². The summed E-state index contributed by atoms with van der Waals surface area (Å²) in [5.41, 5.74) is 11.2. The summed E-state index contributed by atoms with van der Waals surface area (Å²) in [5.74, 6) is -0.0283. The molecule has 0 atom stereocenters. The number of primary sulfonamides is 1. The van der Waals surface area contributed by atoms with Gasteiger partial charge in [-0.15, -0.1) is 12.4 Å². The van der Waals surface area contributed by atoms with Crippen molar-refractivity contribution in [2.45, 2.75) is 4.90 Å². The summed E-state index contributed by atoms with van der Waals surface area (Å²) in [4.78, 5) is 10.2. The quantitative estimate of drug-likeness (QED) is 0.458. The molecule has 1 heterocycles. The number of benzene rings is 1. The summed E-state index contributed by atoms with van der Waals surface area (Å²) in [6.45, 7) is 0. The molecule has 7 N–H and O–H groups in total. The maximum atomic E-state index is 11.3. The van der Waals surface area contributed by atoms with Crippen LogP contribution >= 0.6 is 24.0 Å². The molecule has 1 aromatic carbocycles. The lowest BCUT2D eigenvalue weighted by molar-refractivity contribution is 0.598. The zero-order valence-electron chi connectivity index (χ0n) is 9.29. The zero-order chi connectivity index (χ0) is 13.5. The van der Waals surface area contributed by atoms with Gasteiger partial charge in [-0.1, -0.05) is 11.6 Å². The highest BCUT2D eigenvalue weighted by Crippen LogP contribution is 2.26. The molecule has 0 radical (unpaired) electrons. The number of imidazole rings is 1. The molecule has 104 valence electrons. The van der Waals surface area contributed by atoms with Gasteiger partial charge >= 0.3 is 0 Å². The summed E-state index contributed by atoms with van der Waals surface area (Å²) < 4.78 is 22.5. The number of hydrogen-bond acceptors (Lipinski definition) is 4. The van der Waals surface area contributed by atoms with Gasteiger partial charge in [0.2, 0.25) is 16.0 Å². The Hall–Kier alpha value is -1.55. The molecule has 0 amide bonds. The Morgan fingerprint density at radius 2 is 2.00 bits per heavy atom. The van der Waals surface area contributed by atoms with Crippen LogP contribution in [0.25, 0.3) is 11.0 Å². The van der Waals surface area contributed by atoms with Crippen molar-refractivity contribution in [1.29, 1.82) is 0 Å². The number of aliphatic imine (C=N–C) groups is 1. The summed E-state index contributed by atoms with van der Waals surface area (Å²) in [6, 6.07) is 2.63. The molecule has 0 fully saturated rings. The Labute approximate surface area is 119 Å². The van der Waals surface area contributed by atoms with E-state index in [0.717, 1.165) is 0 Å². The lowest BCUT2D eigenvalue weighted by Crippen LogP contribution is -2.22. The lowest BCUT2D eigenvalue weighted by Gasteiger charge is -2.00. The highest BCUT2D eigenvalue weighted by atomic mass is 35.5. The number of aromatic amines is 1. The minimum absolute atomic E-state index is 0. The van der Waals surface area contributed by atoms with Crippen molar-refractivity contribution in [2.75, 3.05) is 0 Å². The van der Waals surface area contributed by atoms with Crippen LogP contribution in [-0.4, -0.2) is 24.3 Å². The van der Waals surface area contributed by atoms with Crippen molar-refractivity contribution in [1.82, 2.24) is 9.97 Å². The predicted octanol–water partition coefficient (Wildman–Crippen LogP) is 0.190. The van der Waals surface area contributed by atoms with Crippen LogP contribution in [0.1, 0.15) is 0 Å². The molecule has 0 saturated carbocycles. The van der Waals surface area contributed by atoms with Gasteiger partial charge < -0.3 is 16.5 Å². The molecule has 0 unspecified atom stereocenters. The first-order valence-corrected chi connectivity index (χ1v) is 6.51. The first kappa shape index (κ1) is 15.5. The fourth-order valence-electron chi connectivity index (χ4n) is 1.39. The highest BCUT2D eigenvalue weighted by molar-refractivity contribution is 7.89. The van der Waals surface area contributed by atoms with Gasteiger partial charge in [-0.2, -0.15) is 4.99 Å². The van der Waals surface area contributed by atoms with Gasteiger partial charge in [0.25, 0.3) is 0 Å². The van der Waals surface area contributed by atoms with E-state index in [2.05, 4.69) is 15.0 Å². The van der Waals surface area contributed by atoms with Crippen molar-refractivity contribution in [3.8, 4) is 0 Å². The van der Waals surface area contributed by atoms with Gasteiger partial charge in [-0.3, -0.25) is 0 Å². The monoisotopic (exact) mass is 324 g/mol. The fraction of sp³-hybridized carbons (Fsp3) is 0. The number of nitrogens with one attached hydrogen (secondary N) is 1. The Bertz CT molecular complexity index is 750. The second-order valence-electron chi connectivity index (χ2n) is 3.44. The Morgan fingerprint density at radius 3 is 2.53 bits per heavy atom. The topological polar surface area (TPSA) is 153 Å². The maximum Gasteiger partial charge on any atom is 0.239 e. The van der Waals surface area contributed by atoms with Crippen LogP contribution in [0.3, 0.4) is 0 Å². The van der Waals surface area contributed by atoms with E-state index in [-0.39, 0.29) is 34.2 Å². The lowest BCUT2D eigenvalue weighted by atomic mass is 10.3. The minimum Gasteiger partial charge on any atom is -0.370 e. The molecule has 1 aromatic heterocycles. The average Bonchev–Trinajstić information content (AvgIpc) is 2.54. The molecule has 11 heteroatoms. The molecule has 19 heavy (non-hydrogen) atoms. The number of sulfonamides is 1. The number of nitrogens with zero attached hydrogens (tertiary/aromatic N) is 2. The van der Waals surface area contributed by atoms with E-state index in [1.165, 1.54) is 12.1 Å². The number of fused-ring (bicyclic) bond motifs is 1. The molecule has 0 aliphatic heterocycles. The second kappa shape index (κ2) is 5.21.